The van der Waals surface area contributed by atoms with Gasteiger partial charge in [-0.2, -0.15) is 0 Å². The van der Waals surface area contributed by atoms with Crippen molar-refractivity contribution in [3.63, 3.8) is 0 Å². The molecule has 2 amide bonds. The summed E-state index contributed by atoms with van der Waals surface area (Å²) in [4.78, 5) is 27.7. The largest absolute Gasteiger partial charge is 0.352 e. The van der Waals surface area contributed by atoms with Gasteiger partial charge in [-0.15, -0.1) is 0 Å². The second-order valence-electron chi connectivity index (χ2n) is 7.58. The van der Waals surface area contributed by atoms with Crippen molar-refractivity contribution < 1.29 is 9.59 Å². The highest BCUT2D eigenvalue weighted by Gasteiger charge is 2.28. The van der Waals surface area contributed by atoms with Gasteiger partial charge in [-0.3, -0.25) is 9.59 Å². The number of nitrogens with zero attached hydrogens (tertiary/aromatic N) is 1. The average molecular weight is 478 g/mol. The van der Waals surface area contributed by atoms with Gasteiger partial charge in [0.1, 0.15) is 6.04 Å². The third-order valence-corrected chi connectivity index (χ3v) is 6.33. The maximum absolute atomic E-state index is 13.2. The zero-order chi connectivity index (χ0) is 20.8. The van der Waals surface area contributed by atoms with E-state index in [9.17, 15) is 9.59 Å². The predicted octanol–water partition coefficient (Wildman–Crippen LogP) is 5.12. The summed E-state index contributed by atoms with van der Waals surface area (Å²) < 4.78 is 0.974. The van der Waals surface area contributed by atoms with Gasteiger partial charge < -0.3 is 10.2 Å². The van der Waals surface area contributed by atoms with E-state index in [1.54, 1.807) is 17.9 Å². The minimum atomic E-state index is -0.561. The van der Waals surface area contributed by atoms with Crippen LogP contribution in [0.25, 0.3) is 0 Å². The number of amides is 2. The Labute approximate surface area is 185 Å². The molecule has 0 radical (unpaired) electrons. The Morgan fingerprint density at radius 2 is 1.79 bits per heavy atom. The molecule has 29 heavy (non-hydrogen) atoms. The molecule has 1 aliphatic rings. The first kappa shape index (κ1) is 21.8. The van der Waals surface area contributed by atoms with Crippen LogP contribution in [0.1, 0.15) is 43.7 Å². The van der Waals surface area contributed by atoms with Crippen molar-refractivity contribution in [2.45, 2.75) is 57.7 Å². The van der Waals surface area contributed by atoms with Crippen LogP contribution >= 0.6 is 27.5 Å². The van der Waals surface area contributed by atoms with Crippen molar-refractivity contribution in [3.8, 4) is 0 Å². The molecule has 154 valence electrons. The van der Waals surface area contributed by atoms with Gasteiger partial charge in [-0.25, -0.2) is 0 Å². The molecule has 2 aromatic rings. The Hall–Kier alpha value is -1.85. The zero-order valence-corrected chi connectivity index (χ0v) is 18.9. The fourth-order valence-electron chi connectivity index (χ4n) is 3.67. The van der Waals surface area contributed by atoms with Gasteiger partial charge in [0.05, 0.1) is 6.42 Å². The molecule has 0 heterocycles. The lowest BCUT2D eigenvalue weighted by atomic mass is 10.1. The molecule has 1 saturated carbocycles. The van der Waals surface area contributed by atoms with Crippen molar-refractivity contribution in [2.75, 3.05) is 0 Å². The molecular formula is C23H26BrClN2O2. The van der Waals surface area contributed by atoms with E-state index in [4.69, 9.17) is 11.6 Å². The van der Waals surface area contributed by atoms with Crippen LogP contribution < -0.4 is 5.32 Å². The Bertz CT molecular complexity index is 850. The topological polar surface area (TPSA) is 49.4 Å². The van der Waals surface area contributed by atoms with Crippen LogP contribution in [0.5, 0.6) is 0 Å². The first-order valence-electron chi connectivity index (χ1n) is 10.0. The van der Waals surface area contributed by atoms with Crippen LogP contribution in [0.2, 0.25) is 5.02 Å². The standard InChI is InChI=1S/C23H26BrClN2O2/c1-16(23(29)26-20-7-3-4-8-20)27(15-17-10-12-19(24)13-11-17)22(28)14-18-6-2-5-9-21(18)25/h2,5-6,9-13,16,20H,3-4,7-8,14-15H2,1H3,(H,26,29)/t16-/m1/s1. The van der Waals surface area contributed by atoms with Gasteiger partial charge in [-0.05, 0) is 49.1 Å². The zero-order valence-electron chi connectivity index (χ0n) is 16.5. The molecule has 0 aliphatic heterocycles. The maximum Gasteiger partial charge on any atom is 0.242 e. The Kier molecular flexibility index (Phi) is 7.73. The van der Waals surface area contributed by atoms with Crippen molar-refractivity contribution in [1.29, 1.82) is 0 Å². The third-order valence-electron chi connectivity index (χ3n) is 5.43. The van der Waals surface area contributed by atoms with Crippen LogP contribution in [0.4, 0.5) is 0 Å². The number of hydrogen-bond donors (Lipinski definition) is 1. The highest BCUT2D eigenvalue weighted by molar-refractivity contribution is 9.10. The summed E-state index contributed by atoms with van der Waals surface area (Å²) in [5.74, 6) is -0.211. The Morgan fingerprint density at radius 3 is 2.45 bits per heavy atom. The molecule has 0 spiro atoms. The van der Waals surface area contributed by atoms with Gasteiger partial charge >= 0.3 is 0 Å². The summed E-state index contributed by atoms with van der Waals surface area (Å²) in [6, 6.07) is 14.8. The van der Waals surface area contributed by atoms with E-state index < -0.39 is 6.04 Å². The summed E-state index contributed by atoms with van der Waals surface area (Å²) >= 11 is 9.69. The molecule has 0 aromatic heterocycles. The van der Waals surface area contributed by atoms with Crippen LogP contribution in [0, 0.1) is 0 Å². The van der Waals surface area contributed by atoms with E-state index in [1.165, 1.54) is 0 Å². The minimum absolute atomic E-state index is 0.0958. The SMILES string of the molecule is C[C@H](C(=O)NC1CCCC1)N(Cc1ccc(Br)cc1)C(=O)Cc1ccccc1Cl. The van der Waals surface area contributed by atoms with Crippen LogP contribution in [0.15, 0.2) is 53.0 Å². The van der Waals surface area contributed by atoms with Gasteiger partial charge in [0.15, 0.2) is 0 Å². The maximum atomic E-state index is 13.2. The molecule has 1 N–H and O–H groups in total. The van der Waals surface area contributed by atoms with Crippen LogP contribution in [-0.4, -0.2) is 28.8 Å². The lowest BCUT2D eigenvalue weighted by molar-refractivity contribution is -0.140. The molecule has 3 rings (SSSR count). The number of carbonyl (C=O) groups excluding carboxylic acids is 2. The predicted molar refractivity (Wildman–Crippen MR) is 120 cm³/mol. The highest BCUT2D eigenvalue weighted by Crippen LogP contribution is 2.21. The highest BCUT2D eigenvalue weighted by atomic mass is 79.9. The molecule has 0 unspecified atom stereocenters. The van der Waals surface area contributed by atoms with E-state index in [1.807, 2.05) is 42.5 Å². The summed E-state index contributed by atoms with van der Waals surface area (Å²) in [6.07, 6.45) is 4.48. The fraction of sp³-hybridized carbons (Fsp3) is 0.391. The molecule has 1 fully saturated rings. The summed E-state index contributed by atoms with van der Waals surface area (Å²) in [7, 11) is 0. The lowest BCUT2D eigenvalue weighted by Crippen LogP contribution is -2.50. The minimum Gasteiger partial charge on any atom is -0.352 e. The van der Waals surface area contributed by atoms with Crippen LogP contribution in [-0.2, 0) is 22.6 Å². The van der Waals surface area contributed by atoms with E-state index in [0.717, 1.165) is 41.3 Å². The molecule has 0 saturated heterocycles. The molecule has 1 aliphatic carbocycles. The second-order valence-corrected chi connectivity index (χ2v) is 8.91. The van der Waals surface area contributed by atoms with Gasteiger partial charge in [0.2, 0.25) is 11.8 Å². The lowest BCUT2D eigenvalue weighted by Gasteiger charge is -2.30. The van der Waals surface area contributed by atoms with Gasteiger partial charge in [-0.1, -0.05) is 70.7 Å². The number of benzene rings is 2. The number of halogens is 2. The quantitative estimate of drug-likeness (QED) is 0.601. The van der Waals surface area contributed by atoms with E-state index in [0.29, 0.717) is 11.6 Å². The van der Waals surface area contributed by atoms with E-state index in [2.05, 4.69) is 21.2 Å². The number of carbonyl (C=O) groups is 2. The fourth-order valence-corrected chi connectivity index (χ4v) is 4.13. The van der Waals surface area contributed by atoms with Crippen LogP contribution in [0.3, 0.4) is 0 Å². The number of nitrogens with one attached hydrogen (secondary N) is 1. The van der Waals surface area contributed by atoms with E-state index >= 15 is 0 Å². The van der Waals surface area contributed by atoms with E-state index in [-0.39, 0.29) is 24.3 Å². The third kappa shape index (κ3) is 6.06. The van der Waals surface area contributed by atoms with Gasteiger partial charge in [0, 0.05) is 22.1 Å². The second kappa shape index (κ2) is 10.3. The van der Waals surface area contributed by atoms with Gasteiger partial charge in [0.25, 0.3) is 0 Å². The first-order chi connectivity index (χ1) is 13.9. The van der Waals surface area contributed by atoms with Crippen molar-refractivity contribution in [2.24, 2.45) is 0 Å². The summed E-state index contributed by atoms with van der Waals surface area (Å²) in [5, 5.41) is 3.68. The molecule has 1 atom stereocenters. The Morgan fingerprint density at radius 1 is 1.14 bits per heavy atom. The Balaban J connectivity index is 1.77. The van der Waals surface area contributed by atoms with Crippen molar-refractivity contribution in [3.05, 3.63) is 69.2 Å². The van der Waals surface area contributed by atoms with Crippen molar-refractivity contribution in [1.82, 2.24) is 10.2 Å². The van der Waals surface area contributed by atoms with Crippen molar-refractivity contribution >= 4 is 39.3 Å². The molecular weight excluding hydrogens is 452 g/mol. The number of rotatable bonds is 7. The monoisotopic (exact) mass is 476 g/mol. The molecule has 2 aromatic carbocycles. The summed E-state index contributed by atoms with van der Waals surface area (Å²) in [5.41, 5.74) is 1.74. The molecule has 4 nitrogen and oxygen atoms in total. The smallest absolute Gasteiger partial charge is 0.242 e. The average Bonchev–Trinajstić information content (AvgIpc) is 3.21. The normalized spacial score (nSPS) is 15.1. The first-order valence-corrected chi connectivity index (χ1v) is 11.2. The number of hydrogen-bond acceptors (Lipinski definition) is 2. The summed E-state index contributed by atoms with van der Waals surface area (Å²) in [6.45, 7) is 2.17. The molecule has 0 bridgehead atoms. The molecule has 6 heteroatoms.